The first-order chi connectivity index (χ1) is 5.25. The Morgan fingerprint density at radius 1 is 1.36 bits per heavy atom. The van der Waals surface area contributed by atoms with Crippen molar-refractivity contribution >= 4 is 10.5 Å². The van der Waals surface area contributed by atoms with E-state index >= 15 is 0 Å². The van der Waals surface area contributed by atoms with Gasteiger partial charge in [0.25, 0.3) is 0 Å². The Balaban J connectivity index is 2.93. The molecule has 0 N–H and O–H groups in total. The van der Waals surface area contributed by atoms with Crippen LogP contribution in [0.3, 0.4) is 0 Å². The Morgan fingerprint density at radius 3 is 2.55 bits per heavy atom. The van der Waals surface area contributed by atoms with Gasteiger partial charge in [-0.15, -0.1) is 0 Å². The van der Waals surface area contributed by atoms with E-state index in [2.05, 4.69) is 38.1 Å². The average molecular weight is 166 g/mol. The Bertz CT molecular complexity index is 235. The maximum Gasteiger partial charge on any atom is 0.146 e. The molecule has 0 aliphatic rings. The molecule has 0 aromatic heterocycles. The highest BCUT2D eigenvalue weighted by atomic mass is 28.2. The molecular weight excluding hydrogens is 152 g/mol. The summed E-state index contributed by atoms with van der Waals surface area (Å²) in [7, 11) is 0.806. The molecule has 11 heavy (non-hydrogen) atoms. The van der Waals surface area contributed by atoms with Gasteiger partial charge in [-0.1, -0.05) is 24.3 Å². The molecule has 60 valence electrons. The fourth-order valence-corrected chi connectivity index (χ4v) is 1.42. The molecule has 0 amide bonds. The predicted molar refractivity (Wildman–Crippen MR) is 50.6 cm³/mol. The zero-order valence-corrected chi connectivity index (χ0v) is 9.29. The van der Waals surface area contributed by atoms with Crippen molar-refractivity contribution in [1.82, 2.24) is 0 Å². The molecule has 1 atom stereocenters. The van der Waals surface area contributed by atoms with Gasteiger partial charge in [-0.05, 0) is 25.0 Å². The van der Waals surface area contributed by atoms with E-state index in [1.807, 2.05) is 0 Å². The third kappa shape index (κ3) is 1.91. The van der Waals surface area contributed by atoms with Crippen molar-refractivity contribution in [3.05, 3.63) is 35.4 Å². The normalized spacial score (nSPS) is 13.3. The van der Waals surface area contributed by atoms with Crippen molar-refractivity contribution in [1.29, 1.82) is 0 Å². The van der Waals surface area contributed by atoms with Crippen LogP contribution in [-0.4, -0.2) is 10.5 Å². The van der Waals surface area contributed by atoms with Crippen LogP contribution in [0.25, 0.3) is 0 Å². The Labute approximate surface area is 70.9 Å². The zero-order valence-electron chi connectivity index (χ0n) is 7.29. The molecule has 0 aliphatic heterocycles. The maximum absolute atomic E-state index is 5.36. The van der Waals surface area contributed by atoms with Crippen LogP contribution in [0.5, 0.6) is 0 Å². The summed E-state index contributed by atoms with van der Waals surface area (Å²) in [5.41, 5.74) is 2.62. The molecule has 1 aromatic carbocycles. The van der Waals surface area contributed by atoms with Crippen LogP contribution >= 0.6 is 0 Å². The molecular formula is C9H14OSi. The SMILES string of the molecule is Cc1ccccc1C(C)O[SiH3]. The summed E-state index contributed by atoms with van der Waals surface area (Å²) in [5, 5.41) is 0. The number of hydrogen-bond acceptors (Lipinski definition) is 1. The van der Waals surface area contributed by atoms with Crippen LogP contribution in [0.1, 0.15) is 24.2 Å². The summed E-state index contributed by atoms with van der Waals surface area (Å²) in [6, 6.07) is 8.35. The Morgan fingerprint density at radius 2 is 2.00 bits per heavy atom. The predicted octanol–water partition coefficient (Wildman–Crippen LogP) is 1.35. The minimum atomic E-state index is 0.267. The van der Waals surface area contributed by atoms with E-state index in [1.165, 1.54) is 11.1 Å². The van der Waals surface area contributed by atoms with E-state index < -0.39 is 0 Å². The minimum Gasteiger partial charge on any atom is -0.421 e. The first-order valence-corrected chi connectivity index (χ1v) is 4.65. The molecule has 2 heteroatoms. The van der Waals surface area contributed by atoms with Gasteiger partial charge in [-0.25, -0.2) is 0 Å². The molecule has 1 nitrogen and oxygen atoms in total. The van der Waals surface area contributed by atoms with E-state index in [-0.39, 0.29) is 6.10 Å². The molecule has 0 saturated carbocycles. The van der Waals surface area contributed by atoms with E-state index in [0.29, 0.717) is 0 Å². The second-order valence-electron chi connectivity index (χ2n) is 2.73. The summed E-state index contributed by atoms with van der Waals surface area (Å²) >= 11 is 0. The highest BCUT2D eigenvalue weighted by Crippen LogP contribution is 2.18. The number of hydrogen-bond donors (Lipinski definition) is 0. The standard InChI is InChI=1S/C9H14OSi/c1-7-5-3-4-6-9(7)8(2)10-11/h3-6,8H,1-2,11H3. The molecule has 1 rings (SSSR count). The first-order valence-electron chi connectivity index (χ1n) is 3.84. The lowest BCUT2D eigenvalue weighted by molar-refractivity contribution is 0.250. The Hall–Kier alpha value is -0.603. The van der Waals surface area contributed by atoms with E-state index in [0.717, 1.165) is 10.5 Å². The van der Waals surface area contributed by atoms with Crippen LogP contribution < -0.4 is 0 Å². The zero-order chi connectivity index (χ0) is 8.27. The Kier molecular flexibility index (Phi) is 2.85. The lowest BCUT2D eigenvalue weighted by Crippen LogP contribution is -1.98. The fraction of sp³-hybridized carbons (Fsp3) is 0.333. The molecule has 0 spiro atoms. The van der Waals surface area contributed by atoms with Crippen molar-refractivity contribution in [2.75, 3.05) is 0 Å². The summed E-state index contributed by atoms with van der Waals surface area (Å²) in [6.07, 6.45) is 0.267. The van der Waals surface area contributed by atoms with Gasteiger partial charge in [0.1, 0.15) is 10.5 Å². The second-order valence-corrected chi connectivity index (χ2v) is 3.21. The van der Waals surface area contributed by atoms with Crippen LogP contribution in [0, 0.1) is 6.92 Å². The monoisotopic (exact) mass is 166 g/mol. The van der Waals surface area contributed by atoms with Crippen molar-refractivity contribution < 1.29 is 4.43 Å². The van der Waals surface area contributed by atoms with Crippen LogP contribution in [0.4, 0.5) is 0 Å². The molecule has 1 aromatic rings. The van der Waals surface area contributed by atoms with E-state index in [1.54, 1.807) is 0 Å². The van der Waals surface area contributed by atoms with Crippen LogP contribution in [0.2, 0.25) is 0 Å². The molecule has 0 aliphatic carbocycles. The number of benzene rings is 1. The molecule has 0 saturated heterocycles. The summed E-state index contributed by atoms with van der Waals surface area (Å²) in [5.74, 6) is 0. The van der Waals surface area contributed by atoms with E-state index in [9.17, 15) is 0 Å². The molecule has 0 heterocycles. The van der Waals surface area contributed by atoms with Gasteiger partial charge in [0.05, 0.1) is 6.10 Å². The van der Waals surface area contributed by atoms with Gasteiger partial charge in [-0.2, -0.15) is 0 Å². The maximum atomic E-state index is 5.36. The van der Waals surface area contributed by atoms with Crippen LogP contribution in [0.15, 0.2) is 24.3 Å². The van der Waals surface area contributed by atoms with Crippen molar-refractivity contribution in [3.63, 3.8) is 0 Å². The van der Waals surface area contributed by atoms with Gasteiger partial charge in [0, 0.05) is 0 Å². The fourth-order valence-electron chi connectivity index (χ4n) is 1.17. The number of aryl methyl sites for hydroxylation is 1. The summed E-state index contributed by atoms with van der Waals surface area (Å²) in [6.45, 7) is 4.21. The molecule has 0 radical (unpaired) electrons. The summed E-state index contributed by atoms with van der Waals surface area (Å²) in [4.78, 5) is 0. The van der Waals surface area contributed by atoms with Crippen molar-refractivity contribution in [2.45, 2.75) is 20.0 Å². The van der Waals surface area contributed by atoms with Gasteiger partial charge >= 0.3 is 0 Å². The highest BCUT2D eigenvalue weighted by Gasteiger charge is 2.03. The van der Waals surface area contributed by atoms with Crippen molar-refractivity contribution in [2.24, 2.45) is 0 Å². The molecule has 1 unspecified atom stereocenters. The van der Waals surface area contributed by atoms with Gasteiger partial charge in [-0.3, -0.25) is 0 Å². The lowest BCUT2D eigenvalue weighted by Gasteiger charge is -2.12. The van der Waals surface area contributed by atoms with Crippen LogP contribution in [-0.2, 0) is 4.43 Å². The quantitative estimate of drug-likeness (QED) is 0.603. The third-order valence-electron chi connectivity index (χ3n) is 1.98. The molecule has 0 fully saturated rings. The highest BCUT2D eigenvalue weighted by molar-refractivity contribution is 5.98. The van der Waals surface area contributed by atoms with Crippen molar-refractivity contribution in [3.8, 4) is 0 Å². The topological polar surface area (TPSA) is 9.23 Å². The first kappa shape index (κ1) is 8.49. The summed E-state index contributed by atoms with van der Waals surface area (Å²) < 4.78 is 5.36. The largest absolute Gasteiger partial charge is 0.421 e. The van der Waals surface area contributed by atoms with Gasteiger partial charge in [0.2, 0.25) is 0 Å². The third-order valence-corrected chi connectivity index (χ3v) is 2.69. The smallest absolute Gasteiger partial charge is 0.146 e. The van der Waals surface area contributed by atoms with Gasteiger partial charge in [0.15, 0.2) is 0 Å². The second kappa shape index (κ2) is 3.69. The van der Waals surface area contributed by atoms with E-state index in [4.69, 9.17) is 4.43 Å². The van der Waals surface area contributed by atoms with Gasteiger partial charge < -0.3 is 4.43 Å². The lowest BCUT2D eigenvalue weighted by atomic mass is 10.1. The minimum absolute atomic E-state index is 0.267. The number of rotatable bonds is 2. The average Bonchev–Trinajstić information content (AvgIpc) is 2.04. The molecule has 0 bridgehead atoms.